The third-order valence-corrected chi connectivity index (χ3v) is 6.83. The summed E-state index contributed by atoms with van der Waals surface area (Å²) in [5.74, 6) is 0.796. The van der Waals surface area contributed by atoms with E-state index in [0.29, 0.717) is 21.9 Å². The number of hydrogen-bond donors (Lipinski definition) is 1. The second kappa shape index (κ2) is 9.95. The molecule has 2 heterocycles. The first kappa shape index (κ1) is 22.0. The Morgan fingerprint density at radius 2 is 2.00 bits per heavy atom. The first-order valence-electron chi connectivity index (χ1n) is 9.36. The lowest BCUT2D eigenvalue weighted by Crippen LogP contribution is -2.14. The highest BCUT2D eigenvalue weighted by molar-refractivity contribution is 9.10. The molecule has 0 spiro atoms. The zero-order valence-electron chi connectivity index (χ0n) is 16.4. The lowest BCUT2D eigenvalue weighted by Gasteiger charge is -2.07. The summed E-state index contributed by atoms with van der Waals surface area (Å²) in [6.45, 7) is 2.70. The third-order valence-electron chi connectivity index (χ3n) is 4.34. The molecule has 0 aliphatic rings. The smallest absolute Gasteiger partial charge is 0.236 e. The number of thioether (sulfide) groups is 1. The largest absolute Gasteiger partial charge is 0.302 e. The number of halogens is 2. The minimum atomic E-state index is -0.142. The monoisotopic (exact) mass is 533 g/mol. The van der Waals surface area contributed by atoms with Crippen molar-refractivity contribution in [1.29, 1.82) is 0 Å². The quantitative estimate of drug-likeness (QED) is 0.284. The number of rotatable bonds is 7. The number of thiazole rings is 1. The van der Waals surface area contributed by atoms with Crippen LogP contribution in [-0.2, 0) is 11.3 Å². The Kier molecular flexibility index (Phi) is 7.06. The number of carbonyl (C=O) groups excluding carboxylic acids is 1. The summed E-state index contributed by atoms with van der Waals surface area (Å²) in [5, 5.41) is 15.2. The van der Waals surface area contributed by atoms with E-state index in [0.717, 1.165) is 27.1 Å². The van der Waals surface area contributed by atoms with Crippen LogP contribution in [0.2, 0.25) is 5.02 Å². The van der Waals surface area contributed by atoms with Crippen LogP contribution < -0.4 is 5.32 Å². The SMILES string of the molecule is CCn1c(SCC(=O)Nc2nc(-c3ccc(Br)cc3)cs2)nnc1-c1cccc(Cl)c1. The molecule has 0 unspecified atom stereocenters. The molecule has 6 nitrogen and oxygen atoms in total. The van der Waals surface area contributed by atoms with E-state index in [1.165, 1.54) is 23.1 Å². The molecule has 2 aromatic heterocycles. The Bertz CT molecular complexity index is 1210. The van der Waals surface area contributed by atoms with Crippen molar-refractivity contribution < 1.29 is 4.79 Å². The van der Waals surface area contributed by atoms with Crippen LogP contribution in [-0.4, -0.2) is 31.4 Å². The van der Waals surface area contributed by atoms with Gasteiger partial charge in [0.25, 0.3) is 0 Å². The number of carbonyl (C=O) groups is 1. The fourth-order valence-electron chi connectivity index (χ4n) is 2.89. The summed E-state index contributed by atoms with van der Waals surface area (Å²) in [6.07, 6.45) is 0. The highest BCUT2D eigenvalue weighted by Crippen LogP contribution is 2.28. The molecule has 0 saturated carbocycles. The van der Waals surface area contributed by atoms with Crippen LogP contribution >= 0.6 is 50.6 Å². The summed E-state index contributed by atoms with van der Waals surface area (Å²) < 4.78 is 2.98. The molecule has 158 valence electrons. The van der Waals surface area contributed by atoms with Crippen LogP contribution in [0.4, 0.5) is 5.13 Å². The second-order valence-electron chi connectivity index (χ2n) is 6.44. The number of nitrogens with zero attached hydrogens (tertiary/aromatic N) is 4. The molecule has 0 aliphatic heterocycles. The zero-order chi connectivity index (χ0) is 21.8. The summed E-state index contributed by atoms with van der Waals surface area (Å²) in [4.78, 5) is 17.0. The van der Waals surface area contributed by atoms with Crippen LogP contribution in [0.1, 0.15) is 6.92 Å². The zero-order valence-corrected chi connectivity index (χ0v) is 20.4. The van der Waals surface area contributed by atoms with Crippen molar-refractivity contribution in [2.75, 3.05) is 11.1 Å². The van der Waals surface area contributed by atoms with Gasteiger partial charge >= 0.3 is 0 Å². The Hall–Kier alpha value is -2.20. The lowest BCUT2D eigenvalue weighted by molar-refractivity contribution is -0.113. The maximum atomic E-state index is 12.5. The van der Waals surface area contributed by atoms with Gasteiger partial charge in [0.15, 0.2) is 16.1 Å². The van der Waals surface area contributed by atoms with E-state index in [2.05, 4.69) is 36.4 Å². The molecule has 4 rings (SSSR count). The van der Waals surface area contributed by atoms with Crippen molar-refractivity contribution in [2.24, 2.45) is 0 Å². The highest BCUT2D eigenvalue weighted by Gasteiger charge is 2.15. The van der Waals surface area contributed by atoms with E-state index >= 15 is 0 Å². The van der Waals surface area contributed by atoms with E-state index in [1.54, 1.807) is 0 Å². The Labute approximate surface area is 201 Å². The maximum Gasteiger partial charge on any atom is 0.236 e. The Balaban J connectivity index is 1.40. The van der Waals surface area contributed by atoms with Gasteiger partial charge in [0.05, 0.1) is 11.4 Å². The van der Waals surface area contributed by atoms with Gasteiger partial charge in [-0.3, -0.25) is 4.79 Å². The van der Waals surface area contributed by atoms with Crippen LogP contribution in [0.3, 0.4) is 0 Å². The standard InChI is InChI=1S/C21H17BrClN5OS2/c1-2-28-19(14-4-3-5-16(23)10-14)26-27-21(28)31-12-18(29)25-20-24-17(11-30-20)13-6-8-15(22)9-7-13/h3-11H,2,12H2,1H3,(H,24,25,29). The predicted molar refractivity (Wildman–Crippen MR) is 131 cm³/mol. The number of aromatic nitrogens is 4. The van der Waals surface area contributed by atoms with Gasteiger partial charge in [-0.25, -0.2) is 4.98 Å². The van der Waals surface area contributed by atoms with Crippen molar-refractivity contribution in [3.8, 4) is 22.6 Å². The molecule has 0 bridgehead atoms. The molecule has 4 aromatic rings. The number of benzene rings is 2. The van der Waals surface area contributed by atoms with Gasteiger partial charge < -0.3 is 9.88 Å². The van der Waals surface area contributed by atoms with Gasteiger partial charge in [-0.05, 0) is 31.2 Å². The van der Waals surface area contributed by atoms with Crippen molar-refractivity contribution >= 4 is 61.7 Å². The van der Waals surface area contributed by atoms with Crippen LogP contribution in [0.15, 0.2) is 63.5 Å². The molecule has 31 heavy (non-hydrogen) atoms. The van der Waals surface area contributed by atoms with Gasteiger partial charge in [0.1, 0.15) is 0 Å². The van der Waals surface area contributed by atoms with Crippen LogP contribution in [0.5, 0.6) is 0 Å². The summed E-state index contributed by atoms with van der Waals surface area (Å²) in [5.41, 5.74) is 2.72. The number of hydrogen-bond acceptors (Lipinski definition) is 6. The molecule has 0 atom stereocenters. The van der Waals surface area contributed by atoms with Crippen molar-refractivity contribution in [3.05, 3.63) is 63.4 Å². The summed E-state index contributed by atoms with van der Waals surface area (Å²) in [7, 11) is 0. The molecular weight excluding hydrogens is 518 g/mol. The summed E-state index contributed by atoms with van der Waals surface area (Å²) in [6, 6.07) is 15.4. The molecule has 1 amide bonds. The number of nitrogens with one attached hydrogen (secondary N) is 1. The summed E-state index contributed by atoms with van der Waals surface area (Å²) >= 11 is 12.3. The van der Waals surface area contributed by atoms with Crippen LogP contribution in [0, 0.1) is 0 Å². The minimum Gasteiger partial charge on any atom is -0.302 e. The number of anilines is 1. The lowest BCUT2D eigenvalue weighted by atomic mass is 10.2. The molecule has 1 N–H and O–H groups in total. The Morgan fingerprint density at radius 1 is 1.19 bits per heavy atom. The second-order valence-corrected chi connectivity index (χ2v) is 9.60. The van der Waals surface area contributed by atoms with E-state index in [9.17, 15) is 4.79 Å². The van der Waals surface area contributed by atoms with Crippen LogP contribution in [0.25, 0.3) is 22.6 Å². The third kappa shape index (κ3) is 5.35. The van der Waals surface area contributed by atoms with E-state index in [4.69, 9.17) is 11.6 Å². The average molecular weight is 535 g/mol. The molecule has 0 saturated heterocycles. The van der Waals surface area contributed by atoms with E-state index in [-0.39, 0.29) is 11.7 Å². The van der Waals surface area contributed by atoms with Crippen molar-refractivity contribution in [1.82, 2.24) is 19.7 Å². The fourth-order valence-corrected chi connectivity index (χ4v) is 4.88. The first-order valence-corrected chi connectivity index (χ1v) is 12.4. The highest BCUT2D eigenvalue weighted by atomic mass is 79.9. The van der Waals surface area contributed by atoms with Crippen molar-refractivity contribution in [2.45, 2.75) is 18.6 Å². The van der Waals surface area contributed by atoms with Gasteiger partial charge in [0, 0.05) is 32.5 Å². The fraction of sp³-hybridized carbons (Fsp3) is 0.143. The minimum absolute atomic E-state index is 0.142. The molecule has 10 heteroatoms. The predicted octanol–water partition coefficient (Wildman–Crippen LogP) is 6.24. The van der Waals surface area contributed by atoms with E-state index < -0.39 is 0 Å². The molecule has 0 fully saturated rings. The topological polar surface area (TPSA) is 72.7 Å². The van der Waals surface area contributed by atoms with Gasteiger partial charge in [-0.1, -0.05) is 63.6 Å². The van der Waals surface area contributed by atoms with Crippen molar-refractivity contribution in [3.63, 3.8) is 0 Å². The molecular formula is C21H17BrClN5OS2. The average Bonchev–Trinajstić information content (AvgIpc) is 3.39. The molecule has 0 radical (unpaired) electrons. The first-order chi connectivity index (χ1) is 15.0. The normalized spacial score (nSPS) is 10.9. The maximum absolute atomic E-state index is 12.5. The Morgan fingerprint density at radius 3 is 2.74 bits per heavy atom. The van der Waals surface area contributed by atoms with Gasteiger partial charge in [-0.15, -0.1) is 21.5 Å². The number of amides is 1. The molecule has 0 aliphatic carbocycles. The molecule has 2 aromatic carbocycles. The van der Waals surface area contributed by atoms with E-state index in [1.807, 2.05) is 65.4 Å². The van der Waals surface area contributed by atoms with Gasteiger partial charge in [0.2, 0.25) is 5.91 Å². The van der Waals surface area contributed by atoms with Gasteiger partial charge in [-0.2, -0.15) is 0 Å².